The number of nitrogens with zero attached hydrogens (tertiary/aromatic N) is 1. The molecule has 1 aromatic heterocycles. The van der Waals surface area contributed by atoms with Crippen molar-refractivity contribution in [3.63, 3.8) is 0 Å². The van der Waals surface area contributed by atoms with Gasteiger partial charge in [-0.2, -0.15) is 0 Å². The molecule has 0 saturated carbocycles. The molecule has 1 aliphatic rings. The van der Waals surface area contributed by atoms with Crippen molar-refractivity contribution in [1.82, 2.24) is 10.3 Å². The Morgan fingerprint density at radius 3 is 3.00 bits per heavy atom. The minimum absolute atomic E-state index is 0.177. The fourth-order valence-electron chi connectivity index (χ4n) is 3.02. The molecule has 2 aromatic carbocycles. The van der Waals surface area contributed by atoms with Crippen molar-refractivity contribution in [1.29, 1.82) is 0 Å². The van der Waals surface area contributed by atoms with Crippen molar-refractivity contribution in [2.24, 2.45) is 0 Å². The second-order valence-electron chi connectivity index (χ2n) is 5.86. The predicted octanol–water partition coefficient (Wildman–Crippen LogP) is 4.99. The minimum Gasteiger partial charge on any atom is -0.345 e. The smallest absolute Gasteiger partial charge is 0.251 e. The molecule has 4 rings (SSSR count). The van der Waals surface area contributed by atoms with Crippen molar-refractivity contribution in [3.8, 4) is 0 Å². The summed E-state index contributed by atoms with van der Waals surface area (Å²) in [7, 11) is 0. The number of hydrogen-bond donors (Lipinski definition) is 1. The molecule has 1 amide bonds. The van der Waals surface area contributed by atoms with Gasteiger partial charge in [-0.3, -0.25) is 4.79 Å². The summed E-state index contributed by atoms with van der Waals surface area (Å²) < 4.78 is 14.0. The average molecular weight is 373 g/mol. The van der Waals surface area contributed by atoms with Crippen molar-refractivity contribution < 1.29 is 9.18 Å². The maximum Gasteiger partial charge on any atom is 0.251 e. The standard InChI is InChI=1S/C19H14ClFN2OS/c20-17-7-5-11-10-12(4-6-15(11)22-17)19(24)23-16-8-9-25-18-13(16)2-1-3-14(18)21/h1-7,10,16H,8-9H2,(H,23,24). The van der Waals surface area contributed by atoms with Crippen LogP contribution in [0.15, 0.2) is 53.4 Å². The van der Waals surface area contributed by atoms with Crippen LogP contribution in [0.1, 0.15) is 28.4 Å². The SMILES string of the molecule is O=C(NC1CCSc2c(F)cccc21)c1ccc2nc(Cl)ccc2c1. The Hall–Kier alpha value is -2.11. The molecule has 0 bridgehead atoms. The lowest BCUT2D eigenvalue weighted by molar-refractivity contribution is 0.0935. The lowest BCUT2D eigenvalue weighted by Crippen LogP contribution is -2.30. The second kappa shape index (κ2) is 6.65. The fourth-order valence-corrected chi connectivity index (χ4v) is 4.31. The summed E-state index contributed by atoms with van der Waals surface area (Å²) in [4.78, 5) is 17.5. The zero-order valence-corrected chi connectivity index (χ0v) is 14.7. The van der Waals surface area contributed by atoms with Crippen LogP contribution >= 0.6 is 23.4 Å². The Morgan fingerprint density at radius 1 is 1.24 bits per heavy atom. The van der Waals surface area contributed by atoms with Crippen LogP contribution in [0.4, 0.5) is 4.39 Å². The van der Waals surface area contributed by atoms with Gasteiger partial charge in [-0.25, -0.2) is 9.37 Å². The predicted molar refractivity (Wildman–Crippen MR) is 98.7 cm³/mol. The maximum atomic E-state index is 14.0. The summed E-state index contributed by atoms with van der Waals surface area (Å²) in [5.41, 5.74) is 2.14. The molecule has 0 aliphatic carbocycles. The molecule has 25 heavy (non-hydrogen) atoms. The number of nitrogens with one attached hydrogen (secondary N) is 1. The molecule has 0 fully saturated rings. The molecule has 0 spiro atoms. The first kappa shape index (κ1) is 16.4. The van der Waals surface area contributed by atoms with Gasteiger partial charge < -0.3 is 5.32 Å². The highest BCUT2D eigenvalue weighted by atomic mass is 35.5. The molecule has 0 saturated heterocycles. The third-order valence-corrected chi connectivity index (χ3v) is 5.62. The van der Waals surface area contributed by atoms with Crippen molar-refractivity contribution in [2.75, 3.05) is 5.75 Å². The Labute approximate surface area is 153 Å². The lowest BCUT2D eigenvalue weighted by Gasteiger charge is -2.26. The highest BCUT2D eigenvalue weighted by Crippen LogP contribution is 2.37. The Balaban J connectivity index is 1.61. The van der Waals surface area contributed by atoms with Gasteiger partial charge in [0.2, 0.25) is 0 Å². The van der Waals surface area contributed by atoms with Crippen LogP contribution in [0, 0.1) is 5.82 Å². The largest absolute Gasteiger partial charge is 0.345 e. The van der Waals surface area contributed by atoms with Gasteiger partial charge in [0.1, 0.15) is 11.0 Å². The van der Waals surface area contributed by atoms with E-state index >= 15 is 0 Å². The molecule has 2 heterocycles. The first-order valence-corrected chi connectivity index (χ1v) is 9.26. The van der Waals surface area contributed by atoms with Gasteiger partial charge in [0, 0.05) is 21.6 Å². The summed E-state index contributed by atoms with van der Waals surface area (Å²) in [6, 6.07) is 13.7. The van der Waals surface area contributed by atoms with Crippen LogP contribution in [-0.4, -0.2) is 16.6 Å². The monoisotopic (exact) mass is 372 g/mol. The summed E-state index contributed by atoms with van der Waals surface area (Å²) in [6.07, 6.45) is 0.775. The van der Waals surface area contributed by atoms with Gasteiger partial charge >= 0.3 is 0 Å². The van der Waals surface area contributed by atoms with Crippen molar-refractivity contribution in [2.45, 2.75) is 17.4 Å². The van der Waals surface area contributed by atoms with E-state index in [1.165, 1.54) is 17.8 Å². The van der Waals surface area contributed by atoms with E-state index in [-0.39, 0.29) is 17.8 Å². The number of benzene rings is 2. The van der Waals surface area contributed by atoms with Gasteiger partial charge in [0.05, 0.1) is 11.6 Å². The molecule has 126 valence electrons. The quantitative estimate of drug-likeness (QED) is 0.644. The van der Waals surface area contributed by atoms with Crippen molar-refractivity contribution in [3.05, 3.63) is 70.6 Å². The number of carbonyl (C=O) groups excluding carboxylic acids is 1. The fraction of sp³-hybridized carbons (Fsp3) is 0.158. The zero-order chi connectivity index (χ0) is 17.4. The summed E-state index contributed by atoms with van der Waals surface area (Å²) in [5.74, 6) is 0.373. The average Bonchev–Trinajstić information content (AvgIpc) is 2.62. The number of aromatic nitrogens is 1. The van der Waals surface area contributed by atoms with Crippen molar-refractivity contribution >= 4 is 40.2 Å². The molecule has 1 unspecified atom stereocenters. The third kappa shape index (κ3) is 3.22. The van der Waals surface area contributed by atoms with Gasteiger partial charge in [-0.05, 0) is 48.4 Å². The van der Waals surface area contributed by atoms with Gasteiger partial charge in [0.25, 0.3) is 5.91 Å². The van der Waals surface area contributed by atoms with E-state index < -0.39 is 0 Å². The highest BCUT2D eigenvalue weighted by Gasteiger charge is 2.24. The van der Waals surface area contributed by atoms with Crippen LogP contribution < -0.4 is 5.32 Å². The summed E-state index contributed by atoms with van der Waals surface area (Å²) in [6.45, 7) is 0. The van der Waals surface area contributed by atoms with E-state index in [2.05, 4.69) is 10.3 Å². The molecule has 3 nitrogen and oxygen atoms in total. The van der Waals surface area contributed by atoms with E-state index in [4.69, 9.17) is 11.6 Å². The Kier molecular flexibility index (Phi) is 4.36. The topological polar surface area (TPSA) is 42.0 Å². The van der Waals surface area contributed by atoms with E-state index in [1.807, 2.05) is 12.1 Å². The zero-order valence-electron chi connectivity index (χ0n) is 13.1. The summed E-state index contributed by atoms with van der Waals surface area (Å²) >= 11 is 7.39. The number of halogens is 2. The van der Waals surface area contributed by atoms with Crippen LogP contribution in [0.3, 0.4) is 0 Å². The van der Waals surface area contributed by atoms with E-state index in [1.54, 1.807) is 30.3 Å². The number of thioether (sulfide) groups is 1. The van der Waals surface area contributed by atoms with Gasteiger partial charge in [-0.15, -0.1) is 11.8 Å². The lowest BCUT2D eigenvalue weighted by atomic mass is 10.0. The highest BCUT2D eigenvalue weighted by molar-refractivity contribution is 7.99. The molecule has 1 atom stereocenters. The number of hydrogen-bond acceptors (Lipinski definition) is 3. The van der Waals surface area contributed by atoms with Crippen LogP contribution in [-0.2, 0) is 0 Å². The van der Waals surface area contributed by atoms with E-state index in [9.17, 15) is 9.18 Å². The molecule has 6 heteroatoms. The van der Waals surface area contributed by atoms with Gasteiger partial charge in [-0.1, -0.05) is 23.7 Å². The van der Waals surface area contributed by atoms with Crippen LogP contribution in [0.25, 0.3) is 10.9 Å². The molecule has 3 aromatic rings. The molecular weight excluding hydrogens is 359 g/mol. The molecule has 0 radical (unpaired) electrons. The van der Waals surface area contributed by atoms with E-state index in [0.717, 1.165) is 28.6 Å². The van der Waals surface area contributed by atoms with Gasteiger partial charge in [0.15, 0.2) is 0 Å². The third-order valence-electron chi connectivity index (χ3n) is 4.25. The Bertz CT molecular complexity index is 979. The molecule has 1 aliphatic heterocycles. The minimum atomic E-state index is -0.227. The maximum absolute atomic E-state index is 14.0. The Morgan fingerprint density at radius 2 is 2.12 bits per heavy atom. The number of fused-ring (bicyclic) bond motifs is 2. The normalized spacial score (nSPS) is 16.5. The second-order valence-corrected chi connectivity index (χ2v) is 7.36. The summed E-state index contributed by atoms with van der Waals surface area (Å²) in [5, 5.41) is 4.30. The number of carbonyl (C=O) groups is 1. The number of amides is 1. The van der Waals surface area contributed by atoms with E-state index in [0.29, 0.717) is 15.6 Å². The number of pyridine rings is 1. The first-order chi connectivity index (χ1) is 12.1. The first-order valence-electron chi connectivity index (χ1n) is 7.90. The van der Waals surface area contributed by atoms with Crippen LogP contribution in [0.5, 0.6) is 0 Å². The van der Waals surface area contributed by atoms with Crippen LogP contribution in [0.2, 0.25) is 5.15 Å². The molecule has 1 N–H and O–H groups in total. The number of rotatable bonds is 2. The molecular formula is C19H14ClFN2OS.